The van der Waals surface area contributed by atoms with Crippen LogP contribution in [0.2, 0.25) is 0 Å². The Labute approximate surface area is 91.0 Å². The molecule has 2 heterocycles. The normalized spacial score (nSPS) is 31.9. The molecule has 1 amide bonds. The second kappa shape index (κ2) is 4.94. The highest BCUT2D eigenvalue weighted by molar-refractivity contribution is 5.76. The fourth-order valence-electron chi connectivity index (χ4n) is 2.28. The highest BCUT2D eigenvalue weighted by Crippen LogP contribution is 2.17. The molecule has 0 aliphatic carbocycles. The van der Waals surface area contributed by atoms with Gasteiger partial charge in [0.2, 0.25) is 5.91 Å². The van der Waals surface area contributed by atoms with Crippen molar-refractivity contribution in [3.8, 4) is 0 Å². The lowest BCUT2D eigenvalue weighted by molar-refractivity contribution is -0.133. The first-order valence-corrected chi connectivity index (χ1v) is 5.84. The van der Waals surface area contributed by atoms with Gasteiger partial charge in [0.15, 0.2) is 0 Å². The molecule has 0 radical (unpaired) electrons. The second-order valence-electron chi connectivity index (χ2n) is 4.63. The Balaban J connectivity index is 1.78. The van der Waals surface area contributed by atoms with Crippen molar-refractivity contribution in [2.45, 2.75) is 25.8 Å². The molecule has 2 atom stereocenters. The molecule has 2 rings (SSSR count). The predicted octanol–water partition coefficient (Wildman–Crippen LogP) is 0.233. The summed E-state index contributed by atoms with van der Waals surface area (Å²) in [6.07, 6.45) is 1.72. The summed E-state index contributed by atoms with van der Waals surface area (Å²) >= 11 is 0. The van der Waals surface area contributed by atoms with Gasteiger partial charge in [-0.1, -0.05) is 0 Å². The molecule has 1 N–H and O–H groups in total. The number of amides is 1. The van der Waals surface area contributed by atoms with E-state index in [4.69, 9.17) is 4.74 Å². The lowest BCUT2D eigenvalue weighted by Gasteiger charge is -2.32. The number of hydrogen-bond acceptors (Lipinski definition) is 3. The second-order valence-corrected chi connectivity index (χ2v) is 4.63. The van der Waals surface area contributed by atoms with Crippen LogP contribution >= 0.6 is 0 Å². The smallest absolute Gasteiger partial charge is 0.223 e. The third kappa shape index (κ3) is 2.92. The number of nitrogens with zero attached hydrogens (tertiary/aromatic N) is 1. The van der Waals surface area contributed by atoms with Gasteiger partial charge in [-0.15, -0.1) is 0 Å². The molecule has 2 aliphatic heterocycles. The first kappa shape index (κ1) is 10.9. The van der Waals surface area contributed by atoms with Gasteiger partial charge in [-0.25, -0.2) is 0 Å². The fraction of sp³-hybridized carbons (Fsp3) is 0.909. The number of carbonyl (C=O) groups is 1. The molecule has 0 spiro atoms. The van der Waals surface area contributed by atoms with E-state index in [1.54, 1.807) is 0 Å². The van der Waals surface area contributed by atoms with E-state index in [1.807, 2.05) is 4.90 Å². The van der Waals surface area contributed by atoms with E-state index in [1.165, 1.54) is 0 Å². The minimum Gasteiger partial charge on any atom is -0.381 e. The summed E-state index contributed by atoms with van der Waals surface area (Å²) in [5.41, 5.74) is 0. The third-order valence-corrected chi connectivity index (χ3v) is 3.21. The van der Waals surface area contributed by atoms with Crippen LogP contribution in [0, 0.1) is 5.92 Å². The van der Waals surface area contributed by atoms with Crippen molar-refractivity contribution in [2.24, 2.45) is 5.92 Å². The van der Waals surface area contributed by atoms with Gasteiger partial charge in [-0.2, -0.15) is 0 Å². The van der Waals surface area contributed by atoms with Gasteiger partial charge in [0.05, 0.1) is 0 Å². The Morgan fingerprint density at radius 1 is 1.60 bits per heavy atom. The molecule has 2 saturated heterocycles. The van der Waals surface area contributed by atoms with Crippen molar-refractivity contribution in [3.63, 3.8) is 0 Å². The summed E-state index contributed by atoms with van der Waals surface area (Å²) in [4.78, 5) is 13.9. The molecule has 0 aromatic heterocycles. The molecule has 86 valence electrons. The number of rotatable bonds is 2. The van der Waals surface area contributed by atoms with Gasteiger partial charge >= 0.3 is 0 Å². The minimum atomic E-state index is 0.304. The van der Waals surface area contributed by atoms with E-state index in [0.717, 1.165) is 39.3 Å². The van der Waals surface area contributed by atoms with E-state index < -0.39 is 0 Å². The van der Waals surface area contributed by atoms with Crippen LogP contribution in [0.15, 0.2) is 0 Å². The molecule has 0 bridgehead atoms. The van der Waals surface area contributed by atoms with Crippen molar-refractivity contribution < 1.29 is 9.53 Å². The Bertz CT molecular complexity index is 227. The van der Waals surface area contributed by atoms with Crippen LogP contribution in [-0.4, -0.2) is 49.7 Å². The summed E-state index contributed by atoms with van der Waals surface area (Å²) in [6.45, 7) is 6.36. The average molecular weight is 212 g/mol. The standard InChI is InChI=1S/C11H20N2O2/c1-9-7-13(4-3-12-9)11(14)6-10-2-5-15-8-10/h9-10,12H,2-8H2,1H3/t9-,10?/m1/s1. The minimum absolute atomic E-state index is 0.304. The number of carbonyl (C=O) groups excluding carboxylic acids is 1. The van der Waals surface area contributed by atoms with Crippen molar-refractivity contribution in [1.29, 1.82) is 0 Å². The molecule has 0 aromatic rings. The lowest BCUT2D eigenvalue weighted by Crippen LogP contribution is -2.51. The molecule has 2 aliphatic rings. The first-order chi connectivity index (χ1) is 7.25. The third-order valence-electron chi connectivity index (χ3n) is 3.21. The van der Waals surface area contributed by atoms with E-state index in [0.29, 0.717) is 24.3 Å². The van der Waals surface area contributed by atoms with Crippen LogP contribution in [0.1, 0.15) is 19.8 Å². The van der Waals surface area contributed by atoms with Crippen LogP contribution in [-0.2, 0) is 9.53 Å². The van der Waals surface area contributed by atoms with Crippen LogP contribution in [0.4, 0.5) is 0 Å². The Kier molecular flexibility index (Phi) is 3.59. The van der Waals surface area contributed by atoms with Crippen molar-refractivity contribution in [2.75, 3.05) is 32.8 Å². The van der Waals surface area contributed by atoms with E-state index in [-0.39, 0.29) is 0 Å². The van der Waals surface area contributed by atoms with Crippen LogP contribution in [0.25, 0.3) is 0 Å². The Hall–Kier alpha value is -0.610. The van der Waals surface area contributed by atoms with Crippen molar-refractivity contribution >= 4 is 5.91 Å². The highest BCUT2D eigenvalue weighted by atomic mass is 16.5. The molecular formula is C11H20N2O2. The summed E-state index contributed by atoms with van der Waals surface area (Å²) in [5, 5.41) is 3.34. The summed E-state index contributed by atoms with van der Waals surface area (Å²) in [6, 6.07) is 0.433. The molecule has 15 heavy (non-hydrogen) atoms. The maximum absolute atomic E-state index is 11.9. The summed E-state index contributed by atoms with van der Waals surface area (Å²) in [5.74, 6) is 0.765. The summed E-state index contributed by atoms with van der Waals surface area (Å²) in [7, 11) is 0. The highest BCUT2D eigenvalue weighted by Gasteiger charge is 2.25. The zero-order valence-electron chi connectivity index (χ0n) is 9.37. The Morgan fingerprint density at radius 3 is 3.13 bits per heavy atom. The van der Waals surface area contributed by atoms with Gasteiger partial charge in [0, 0.05) is 45.3 Å². The maximum Gasteiger partial charge on any atom is 0.223 e. The number of hydrogen-bond donors (Lipinski definition) is 1. The quantitative estimate of drug-likeness (QED) is 0.712. The largest absolute Gasteiger partial charge is 0.381 e. The van der Waals surface area contributed by atoms with E-state index in [2.05, 4.69) is 12.2 Å². The fourth-order valence-corrected chi connectivity index (χ4v) is 2.28. The zero-order chi connectivity index (χ0) is 10.7. The molecule has 0 saturated carbocycles. The van der Waals surface area contributed by atoms with Gasteiger partial charge in [0.1, 0.15) is 0 Å². The first-order valence-electron chi connectivity index (χ1n) is 5.84. The van der Waals surface area contributed by atoms with Gasteiger partial charge in [-0.05, 0) is 19.3 Å². The molecule has 1 unspecified atom stereocenters. The molecule has 4 nitrogen and oxygen atoms in total. The zero-order valence-corrected chi connectivity index (χ0v) is 9.37. The number of ether oxygens (including phenoxy) is 1. The molecule has 4 heteroatoms. The predicted molar refractivity (Wildman–Crippen MR) is 57.6 cm³/mol. The van der Waals surface area contributed by atoms with Gasteiger partial charge in [0.25, 0.3) is 0 Å². The van der Waals surface area contributed by atoms with Crippen LogP contribution < -0.4 is 5.32 Å². The lowest BCUT2D eigenvalue weighted by atomic mass is 10.0. The van der Waals surface area contributed by atoms with Gasteiger partial charge < -0.3 is 15.0 Å². The Morgan fingerprint density at radius 2 is 2.47 bits per heavy atom. The van der Waals surface area contributed by atoms with Crippen molar-refractivity contribution in [3.05, 3.63) is 0 Å². The molecular weight excluding hydrogens is 192 g/mol. The average Bonchev–Trinajstić information content (AvgIpc) is 2.70. The van der Waals surface area contributed by atoms with E-state index in [9.17, 15) is 4.79 Å². The monoisotopic (exact) mass is 212 g/mol. The van der Waals surface area contributed by atoms with E-state index >= 15 is 0 Å². The number of nitrogens with one attached hydrogen (secondary N) is 1. The van der Waals surface area contributed by atoms with Gasteiger partial charge in [-0.3, -0.25) is 4.79 Å². The van der Waals surface area contributed by atoms with Crippen LogP contribution in [0.3, 0.4) is 0 Å². The SMILES string of the molecule is C[C@@H]1CN(C(=O)CC2CCOC2)CCN1. The molecule has 2 fully saturated rings. The molecule has 0 aromatic carbocycles. The topological polar surface area (TPSA) is 41.6 Å². The van der Waals surface area contributed by atoms with Crippen LogP contribution in [0.5, 0.6) is 0 Å². The summed E-state index contributed by atoms with van der Waals surface area (Å²) < 4.78 is 5.28. The maximum atomic E-state index is 11.9. The van der Waals surface area contributed by atoms with Crippen molar-refractivity contribution in [1.82, 2.24) is 10.2 Å². The number of piperazine rings is 1.